The summed E-state index contributed by atoms with van der Waals surface area (Å²) in [5.74, 6) is 0. The van der Waals surface area contributed by atoms with Crippen LogP contribution in [0.3, 0.4) is 0 Å². The van der Waals surface area contributed by atoms with Crippen molar-refractivity contribution in [1.82, 2.24) is 4.90 Å². The second-order valence-corrected chi connectivity index (χ2v) is 4.29. The lowest BCUT2D eigenvalue weighted by Crippen LogP contribution is -2.35. The summed E-state index contributed by atoms with van der Waals surface area (Å²) in [4.78, 5) is 2.29. The maximum Gasteiger partial charge on any atom is 0.0848 e. The van der Waals surface area contributed by atoms with Crippen LogP contribution in [0.4, 0.5) is 0 Å². The zero-order valence-corrected chi connectivity index (χ0v) is 9.60. The van der Waals surface area contributed by atoms with Crippen molar-refractivity contribution < 1.29 is 10.2 Å². The van der Waals surface area contributed by atoms with Crippen LogP contribution in [0.5, 0.6) is 0 Å². The van der Waals surface area contributed by atoms with E-state index in [0.29, 0.717) is 13.0 Å². The van der Waals surface area contributed by atoms with Crippen molar-refractivity contribution in [1.29, 1.82) is 0 Å². The molecule has 0 spiro atoms. The maximum atomic E-state index is 9.71. The SMILES string of the molecule is CC[C@@H](O)C=C[C@@H](O)CN1CCCCC1. The molecule has 0 saturated carbocycles. The minimum Gasteiger partial charge on any atom is -0.389 e. The summed E-state index contributed by atoms with van der Waals surface area (Å²) in [6.45, 7) is 4.82. The summed E-state index contributed by atoms with van der Waals surface area (Å²) in [5, 5.41) is 19.0. The average molecular weight is 213 g/mol. The van der Waals surface area contributed by atoms with Crippen LogP contribution in [0.1, 0.15) is 32.6 Å². The molecule has 1 fully saturated rings. The van der Waals surface area contributed by atoms with Gasteiger partial charge < -0.3 is 15.1 Å². The maximum absolute atomic E-state index is 9.71. The minimum atomic E-state index is -0.440. The minimum absolute atomic E-state index is 0.416. The number of likely N-dealkylation sites (tertiary alicyclic amines) is 1. The van der Waals surface area contributed by atoms with E-state index in [2.05, 4.69) is 4.90 Å². The van der Waals surface area contributed by atoms with Crippen molar-refractivity contribution >= 4 is 0 Å². The third-order valence-electron chi connectivity index (χ3n) is 2.87. The molecule has 0 aliphatic carbocycles. The number of nitrogens with zero attached hydrogens (tertiary/aromatic N) is 1. The van der Waals surface area contributed by atoms with Crippen molar-refractivity contribution in [2.75, 3.05) is 19.6 Å². The van der Waals surface area contributed by atoms with Gasteiger partial charge in [-0.05, 0) is 32.4 Å². The van der Waals surface area contributed by atoms with E-state index in [4.69, 9.17) is 0 Å². The molecule has 0 radical (unpaired) electrons. The van der Waals surface area contributed by atoms with Crippen LogP contribution >= 0.6 is 0 Å². The summed E-state index contributed by atoms with van der Waals surface area (Å²) < 4.78 is 0. The lowest BCUT2D eigenvalue weighted by atomic mass is 10.1. The first kappa shape index (κ1) is 12.7. The van der Waals surface area contributed by atoms with Crippen molar-refractivity contribution in [3.05, 3.63) is 12.2 Å². The predicted octanol–water partition coefficient (Wildman–Crippen LogP) is 1.16. The van der Waals surface area contributed by atoms with Gasteiger partial charge in [0.25, 0.3) is 0 Å². The summed E-state index contributed by atoms with van der Waals surface area (Å²) in [5.41, 5.74) is 0. The van der Waals surface area contributed by atoms with Gasteiger partial charge in [-0.15, -0.1) is 0 Å². The van der Waals surface area contributed by atoms with E-state index in [9.17, 15) is 10.2 Å². The highest BCUT2D eigenvalue weighted by molar-refractivity contribution is 4.94. The van der Waals surface area contributed by atoms with Crippen molar-refractivity contribution in [3.63, 3.8) is 0 Å². The van der Waals surface area contributed by atoms with Gasteiger partial charge in [0.15, 0.2) is 0 Å². The van der Waals surface area contributed by atoms with Gasteiger partial charge in [-0.1, -0.05) is 25.5 Å². The highest BCUT2D eigenvalue weighted by Gasteiger charge is 2.12. The largest absolute Gasteiger partial charge is 0.389 e. The Kier molecular flexibility index (Phi) is 5.91. The van der Waals surface area contributed by atoms with E-state index in [1.807, 2.05) is 6.92 Å². The highest BCUT2D eigenvalue weighted by atomic mass is 16.3. The van der Waals surface area contributed by atoms with Crippen LogP contribution < -0.4 is 0 Å². The number of aliphatic hydroxyl groups is 2. The van der Waals surface area contributed by atoms with Crippen LogP contribution in [0.2, 0.25) is 0 Å². The van der Waals surface area contributed by atoms with Crippen molar-refractivity contribution in [2.24, 2.45) is 0 Å². The van der Waals surface area contributed by atoms with Gasteiger partial charge >= 0.3 is 0 Å². The van der Waals surface area contributed by atoms with Gasteiger partial charge in [-0.2, -0.15) is 0 Å². The summed E-state index contributed by atoms with van der Waals surface area (Å²) in [6.07, 6.45) is 7.05. The molecule has 0 unspecified atom stereocenters. The lowest BCUT2D eigenvalue weighted by Gasteiger charge is -2.27. The lowest BCUT2D eigenvalue weighted by molar-refractivity contribution is 0.130. The molecule has 15 heavy (non-hydrogen) atoms. The molecular formula is C12H23NO2. The topological polar surface area (TPSA) is 43.7 Å². The average Bonchev–Trinajstić information content (AvgIpc) is 2.27. The predicted molar refractivity (Wildman–Crippen MR) is 61.7 cm³/mol. The van der Waals surface area contributed by atoms with Gasteiger partial charge in [-0.3, -0.25) is 0 Å². The Hall–Kier alpha value is -0.380. The molecule has 1 aliphatic heterocycles. The smallest absolute Gasteiger partial charge is 0.0848 e. The van der Waals surface area contributed by atoms with E-state index in [0.717, 1.165) is 13.1 Å². The molecule has 1 aliphatic rings. The summed E-state index contributed by atoms with van der Waals surface area (Å²) in [7, 11) is 0. The molecule has 3 nitrogen and oxygen atoms in total. The Balaban J connectivity index is 2.21. The molecule has 3 heteroatoms. The molecule has 0 bridgehead atoms. The quantitative estimate of drug-likeness (QED) is 0.674. The third kappa shape index (κ3) is 5.30. The molecule has 0 aromatic carbocycles. The number of hydrogen-bond donors (Lipinski definition) is 2. The monoisotopic (exact) mass is 213 g/mol. The number of aliphatic hydroxyl groups excluding tert-OH is 2. The molecule has 1 rings (SSSR count). The van der Waals surface area contributed by atoms with E-state index in [-0.39, 0.29) is 0 Å². The Morgan fingerprint density at radius 1 is 1.07 bits per heavy atom. The molecule has 0 aromatic rings. The van der Waals surface area contributed by atoms with Gasteiger partial charge in [0.2, 0.25) is 0 Å². The Labute approximate surface area is 92.4 Å². The molecular weight excluding hydrogens is 190 g/mol. The standard InChI is InChI=1S/C12H23NO2/c1-2-11(14)6-7-12(15)10-13-8-4-3-5-9-13/h6-7,11-12,14-15H,2-5,8-10H2,1H3/t11-,12-/m1/s1. The van der Waals surface area contributed by atoms with Crippen LogP contribution in [0.25, 0.3) is 0 Å². The van der Waals surface area contributed by atoms with Gasteiger partial charge in [0.1, 0.15) is 0 Å². The molecule has 2 N–H and O–H groups in total. The third-order valence-corrected chi connectivity index (χ3v) is 2.87. The zero-order chi connectivity index (χ0) is 11.1. The molecule has 88 valence electrons. The first-order valence-corrected chi connectivity index (χ1v) is 5.99. The Bertz CT molecular complexity index is 188. The number of β-amino-alcohol motifs (C(OH)–C–C–N with tert-alkyl or cyclic N) is 1. The van der Waals surface area contributed by atoms with Gasteiger partial charge in [0.05, 0.1) is 12.2 Å². The van der Waals surface area contributed by atoms with Crippen LogP contribution in [-0.2, 0) is 0 Å². The van der Waals surface area contributed by atoms with E-state index in [1.165, 1.54) is 19.3 Å². The number of hydrogen-bond acceptors (Lipinski definition) is 3. The van der Waals surface area contributed by atoms with E-state index in [1.54, 1.807) is 12.2 Å². The fourth-order valence-corrected chi connectivity index (χ4v) is 1.86. The first-order chi connectivity index (χ1) is 7.22. The molecule has 0 aromatic heterocycles. The Morgan fingerprint density at radius 3 is 2.27 bits per heavy atom. The van der Waals surface area contributed by atoms with Crippen LogP contribution in [0.15, 0.2) is 12.2 Å². The van der Waals surface area contributed by atoms with Crippen LogP contribution in [0, 0.1) is 0 Å². The summed E-state index contributed by atoms with van der Waals surface area (Å²) >= 11 is 0. The van der Waals surface area contributed by atoms with Gasteiger partial charge in [0, 0.05) is 6.54 Å². The molecule has 1 saturated heterocycles. The van der Waals surface area contributed by atoms with Gasteiger partial charge in [-0.25, -0.2) is 0 Å². The molecule has 1 heterocycles. The van der Waals surface area contributed by atoms with Crippen molar-refractivity contribution in [2.45, 2.75) is 44.8 Å². The molecule has 0 amide bonds. The van der Waals surface area contributed by atoms with Crippen molar-refractivity contribution in [3.8, 4) is 0 Å². The normalized spacial score (nSPS) is 23.1. The summed E-state index contributed by atoms with van der Waals surface area (Å²) in [6, 6.07) is 0. The number of piperidine rings is 1. The second kappa shape index (κ2) is 6.99. The molecule has 2 atom stereocenters. The van der Waals surface area contributed by atoms with E-state index < -0.39 is 12.2 Å². The fourth-order valence-electron chi connectivity index (χ4n) is 1.86. The Morgan fingerprint density at radius 2 is 1.67 bits per heavy atom. The second-order valence-electron chi connectivity index (χ2n) is 4.29. The van der Waals surface area contributed by atoms with Crippen LogP contribution in [-0.4, -0.2) is 47.0 Å². The first-order valence-electron chi connectivity index (χ1n) is 5.99. The highest BCUT2D eigenvalue weighted by Crippen LogP contribution is 2.09. The number of rotatable bonds is 5. The van der Waals surface area contributed by atoms with E-state index >= 15 is 0 Å². The zero-order valence-electron chi connectivity index (χ0n) is 9.60. The fraction of sp³-hybridized carbons (Fsp3) is 0.833.